The third-order valence-corrected chi connectivity index (χ3v) is 3.33. The maximum Gasteiger partial charge on any atom is 0.160 e. The van der Waals surface area contributed by atoms with Crippen LogP contribution in [0.1, 0.15) is 18.5 Å². The lowest BCUT2D eigenvalue weighted by molar-refractivity contribution is 0.373. The SMILES string of the molecule is COc1cc(C(C)Nc2cc(F)ccc2Cl)ccc1O. The van der Waals surface area contributed by atoms with Crippen LogP contribution in [0, 0.1) is 5.82 Å². The fourth-order valence-electron chi connectivity index (χ4n) is 1.89. The van der Waals surface area contributed by atoms with Gasteiger partial charge in [0, 0.05) is 6.04 Å². The van der Waals surface area contributed by atoms with Crippen LogP contribution in [0.2, 0.25) is 5.02 Å². The van der Waals surface area contributed by atoms with E-state index in [4.69, 9.17) is 16.3 Å². The van der Waals surface area contributed by atoms with E-state index in [1.165, 1.54) is 25.3 Å². The number of nitrogens with one attached hydrogen (secondary N) is 1. The Hall–Kier alpha value is -1.94. The van der Waals surface area contributed by atoms with Crippen LogP contribution in [0.25, 0.3) is 0 Å². The minimum atomic E-state index is -0.354. The number of aromatic hydroxyl groups is 1. The standard InChI is InChI=1S/C15H15ClFNO2/c1-9(10-3-6-14(19)15(7-10)20-2)18-13-8-11(17)4-5-12(13)16/h3-9,18-19H,1-2H3. The maximum atomic E-state index is 13.2. The topological polar surface area (TPSA) is 41.5 Å². The molecule has 0 radical (unpaired) electrons. The van der Waals surface area contributed by atoms with Gasteiger partial charge >= 0.3 is 0 Å². The Morgan fingerprint density at radius 3 is 2.70 bits per heavy atom. The monoisotopic (exact) mass is 295 g/mol. The molecule has 2 N–H and O–H groups in total. The van der Waals surface area contributed by atoms with Gasteiger partial charge in [-0.3, -0.25) is 0 Å². The lowest BCUT2D eigenvalue weighted by Crippen LogP contribution is -2.07. The van der Waals surface area contributed by atoms with Gasteiger partial charge in [0.15, 0.2) is 11.5 Å². The number of rotatable bonds is 4. The molecular weight excluding hydrogens is 281 g/mol. The lowest BCUT2D eigenvalue weighted by Gasteiger charge is -2.18. The molecule has 1 atom stereocenters. The third-order valence-electron chi connectivity index (χ3n) is 3.00. The molecule has 0 aliphatic carbocycles. The van der Waals surface area contributed by atoms with Gasteiger partial charge in [-0.1, -0.05) is 17.7 Å². The van der Waals surface area contributed by atoms with Gasteiger partial charge in [-0.15, -0.1) is 0 Å². The Morgan fingerprint density at radius 2 is 2.00 bits per heavy atom. The van der Waals surface area contributed by atoms with Gasteiger partial charge < -0.3 is 15.2 Å². The van der Waals surface area contributed by atoms with E-state index in [1.54, 1.807) is 18.2 Å². The van der Waals surface area contributed by atoms with Gasteiger partial charge in [0.1, 0.15) is 5.82 Å². The first kappa shape index (κ1) is 14.5. The Morgan fingerprint density at radius 1 is 1.25 bits per heavy atom. The summed E-state index contributed by atoms with van der Waals surface area (Å²) in [7, 11) is 1.49. The molecule has 2 aromatic carbocycles. The fraction of sp³-hybridized carbons (Fsp3) is 0.200. The molecule has 2 aromatic rings. The van der Waals surface area contributed by atoms with Crippen LogP contribution in [-0.4, -0.2) is 12.2 Å². The van der Waals surface area contributed by atoms with Crippen molar-refractivity contribution in [2.45, 2.75) is 13.0 Å². The summed E-state index contributed by atoms with van der Waals surface area (Å²) in [5.41, 5.74) is 1.41. The Labute approximate surface area is 122 Å². The predicted molar refractivity (Wildman–Crippen MR) is 78.1 cm³/mol. The predicted octanol–water partition coefficient (Wildman–Crippen LogP) is 4.37. The van der Waals surface area contributed by atoms with Crippen LogP contribution >= 0.6 is 11.6 Å². The number of hydrogen-bond acceptors (Lipinski definition) is 3. The summed E-state index contributed by atoms with van der Waals surface area (Å²) >= 11 is 6.02. The molecule has 0 spiro atoms. The van der Waals surface area contributed by atoms with E-state index in [0.29, 0.717) is 16.5 Å². The molecule has 0 aromatic heterocycles. The summed E-state index contributed by atoms with van der Waals surface area (Å²) in [6.07, 6.45) is 0. The second-order valence-electron chi connectivity index (χ2n) is 4.42. The van der Waals surface area contributed by atoms with Gasteiger partial charge in [0.05, 0.1) is 17.8 Å². The molecule has 0 amide bonds. The van der Waals surface area contributed by atoms with Crippen molar-refractivity contribution in [1.82, 2.24) is 0 Å². The zero-order valence-electron chi connectivity index (χ0n) is 11.2. The second kappa shape index (κ2) is 6.01. The number of benzene rings is 2. The highest BCUT2D eigenvalue weighted by atomic mass is 35.5. The highest BCUT2D eigenvalue weighted by Gasteiger charge is 2.11. The number of methoxy groups -OCH3 is 1. The fourth-order valence-corrected chi connectivity index (χ4v) is 2.06. The van der Waals surface area contributed by atoms with Crippen molar-refractivity contribution in [3.8, 4) is 11.5 Å². The van der Waals surface area contributed by atoms with Crippen LogP contribution < -0.4 is 10.1 Å². The van der Waals surface area contributed by atoms with Crippen molar-refractivity contribution in [3.63, 3.8) is 0 Å². The molecule has 106 valence electrons. The summed E-state index contributed by atoms with van der Waals surface area (Å²) in [6.45, 7) is 1.91. The molecule has 0 aliphatic rings. The van der Waals surface area contributed by atoms with Crippen LogP contribution in [0.3, 0.4) is 0 Å². The molecule has 5 heteroatoms. The van der Waals surface area contributed by atoms with E-state index >= 15 is 0 Å². The van der Waals surface area contributed by atoms with E-state index in [-0.39, 0.29) is 17.6 Å². The zero-order valence-corrected chi connectivity index (χ0v) is 11.9. The minimum Gasteiger partial charge on any atom is -0.504 e. The molecule has 0 heterocycles. The van der Waals surface area contributed by atoms with Crippen molar-refractivity contribution < 1.29 is 14.2 Å². The summed E-state index contributed by atoms with van der Waals surface area (Å²) in [5, 5.41) is 13.1. The average molecular weight is 296 g/mol. The highest BCUT2D eigenvalue weighted by molar-refractivity contribution is 6.33. The number of anilines is 1. The number of phenols is 1. The molecule has 0 fully saturated rings. The van der Waals surface area contributed by atoms with Gasteiger partial charge in [-0.05, 0) is 42.8 Å². The Bertz CT molecular complexity index is 619. The van der Waals surface area contributed by atoms with Gasteiger partial charge in [-0.25, -0.2) is 4.39 Å². The van der Waals surface area contributed by atoms with E-state index in [2.05, 4.69) is 5.32 Å². The number of hydrogen-bond donors (Lipinski definition) is 2. The van der Waals surface area contributed by atoms with Crippen molar-refractivity contribution in [1.29, 1.82) is 0 Å². The van der Waals surface area contributed by atoms with Gasteiger partial charge in [0.2, 0.25) is 0 Å². The molecule has 20 heavy (non-hydrogen) atoms. The van der Waals surface area contributed by atoms with Gasteiger partial charge in [-0.2, -0.15) is 0 Å². The molecule has 0 bridgehead atoms. The normalized spacial score (nSPS) is 12.0. The summed E-state index contributed by atoms with van der Waals surface area (Å²) in [6, 6.07) is 9.08. The first-order valence-corrected chi connectivity index (χ1v) is 6.47. The average Bonchev–Trinajstić information content (AvgIpc) is 2.43. The largest absolute Gasteiger partial charge is 0.504 e. The van der Waals surface area contributed by atoms with Gasteiger partial charge in [0.25, 0.3) is 0 Å². The summed E-state index contributed by atoms with van der Waals surface area (Å²) < 4.78 is 18.3. The maximum absolute atomic E-state index is 13.2. The number of phenolic OH excluding ortho intramolecular Hbond substituents is 1. The molecule has 0 aliphatic heterocycles. The molecular formula is C15H15ClFNO2. The molecule has 0 saturated heterocycles. The van der Waals surface area contributed by atoms with Crippen molar-refractivity contribution in [2.75, 3.05) is 12.4 Å². The lowest BCUT2D eigenvalue weighted by atomic mass is 10.1. The quantitative estimate of drug-likeness (QED) is 0.880. The van der Waals surface area contributed by atoms with E-state index in [0.717, 1.165) is 5.56 Å². The third kappa shape index (κ3) is 3.14. The van der Waals surface area contributed by atoms with E-state index in [9.17, 15) is 9.50 Å². The van der Waals surface area contributed by atoms with E-state index < -0.39 is 0 Å². The second-order valence-corrected chi connectivity index (χ2v) is 4.83. The van der Waals surface area contributed by atoms with Crippen LogP contribution in [-0.2, 0) is 0 Å². The molecule has 1 unspecified atom stereocenters. The molecule has 2 rings (SSSR count). The highest BCUT2D eigenvalue weighted by Crippen LogP contribution is 2.31. The first-order chi connectivity index (χ1) is 9.51. The number of halogens is 2. The number of ether oxygens (including phenoxy) is 1. The Kier molecular flexibility index (Phi) is 4.35. The Balaban J connectivity index is 2.23. The van der Waals surface area contributed by atoms with Crippen LogP contribution in [0.4, 0.5) is 10.1 Å². The summed E-state index contributed by atoms with van der Waals surface area (Å²) in [5.74, 6) is 0.112. The minimum absolute atomic E-state index is 0.0761. The van der Waals surface area contributed by atoms with Crippen molar-refractivity contribution in [2.24, 2.45) is 0 Å². The summed E-state index contributed by atoms with van der Waals surface area (Å²) in [4.78, 5) is 0. The first-order valence-electron chi connectivity index (χ1n) is 6.09. The smallest absolute Gasteiger partial charge is 0.160 e. The zero-order chi connectivity index (χ0) is 14.7. The van der Waals surface area contributed by atoms with Crippen molar-refractivity contribution in [3.05, 3.63) is 52.8 Å². The van der Waals surface area contributed by atoms with Crippen molar-refractivity contribution >= 4 is 17.3 Å². The van der Waals surface area contributed by atoms with Crippen LogP contribution in [0.15, 0.2) is 36.4 Å². The van der Waals surface area contributed by atoms with Crippen LogP contribution in [0.5, 0.6) is 11.5 Å². The molecule has 0 saturated carbocycles. The van der Waals surface area contributed by atoms with E-state index in [1.807, 2.05) is 6.92 Å². The molecule has 3 nitrogen and oxygen atoms in total.